The van der Waals surface area contributed by atoms with Crippen molar-refractivity contribution in [1.29, 1.82) is 0 Å². The van der Waals surface area contributed by atoms with Gasteiger partial charge in [0.15, 0.2) is 0 Å². The van der Waals surface area contributed by atoms with Crippen LogP contribution in [0, 0.1) is 34.6 Å². The van der Waals surface area contributed by atoms with Crippen LogP contribution in [-0.4, -0.2) is 22.4 Å². The summed E-state index contributed by atoms with van der Waals surface area (Å²) in [5, 5.41) is 2.69. The second-order valence-corrected chi connectivity index (χ2v) is 8.68. The van der Waals surface area contributed by atoms with Crippen molar-refractivity contribution in [1.82, 2.24) is 9.88 Å². The Morgan fingerprint density at radius 2 is 1.64 bits per heavy atom. The van der Waals surface area contributed by atoms with E-state index in [1.807, 2.05) is 26.0 Å². The van der Waals surface area contributed by atoms with Gasteiger partial charge in [-0.15, -0.1) is 0 Å². The Morgan fingerprint density at radius 3 is 2.33 bits per heavy atom. The van der Waals surface area contributed by atoms with Crippen LogP contribution in [0.3, 0.4) is 0 Å². The molecule has 0 bridgehead atoms. The lowest BCUT2D eigenvalue weighted by Crippen LogP contribution is -2.54. The summed E-state index contributed by atoms with van der Waals surface area (Å²) in [6, 6.07) is 12.3. The highest BCUT2D eigenvalue weighted by Crippen LogP contribution is 2.30. The van der Waals surface area contributed by atoms with E-state index in [0.29, 0.717) is 16.3 Å². The van der Waals surface area contributed by atoms with Gasteiger partial charge in [-0.05, 0) is 93.3 Å². The minimum absolute atomic E-state index is 0.116. The molecule has 1 fully saturated rings. The van der Waals surface area contributed by atoms with E-state index in [2.05, 4.69) is 35.9 Å². The second-order valence-electron chi connectivity index (χ2n) is 8.27. The maximum Gasteiger partial charge on any atom is 0.335 e. The number of halogens is 1. The van der Waals surface area contributed by atoms with Crippen LogP contribution in [0.5, 0.6) is 0 Å². The lowest BCUT2D eigenvalue weighted by atomic mass is 10.1. The van der Waals surface area contributed by atoms with Gasteiger partial charge in [0.1, 0.15) is 5.57 Å². The van der Waals surface area contributed by atoms with Gasteiger partial charge < -0.3 is 4.57 Å². The molecule has 0 radical (unpaired) electrons. The lowest BCUT2D eigenvalue weighted by molar-refractivity contribution is -0.122. The number of aryl methyl sites for hydroxylation is 3. The molecule has 2 heterocycles. The van der Waals surface area contributed by atoms with Crippen molar-refractivity contribution < 1.29 is 14.4 Å². The first kappa shape index (κ1) is 22.6. The van der Waals surface area contributed by atoms with Crippen LogP contribution in [0.25, 0.3) is 11.8 Å². The molecule has 0 aliphatic carbocycles. The van der Waals surface area contributed by atoms with E-state index in [1.54, 1.807) is 25.1 Å². The second kappa shape index (κ2) is 8.37. The number of aromatic nitrogens is 1. The number of rotatable bonds is 3. The van der Waals surface area contributed by atoms with E-state index >= 15 is 0 Å². The summed E-state index contributed by atoms with van der Waals surface area (Å²) in [4.78, 5) is 39.4. The van der Waals surface area contributed by atoms with Crippen LogP contribution in [0.4, 0.5) is 10.5 Å². The average molecular weight is 462 g/mol. The summed E-state index contributed by atoms with van der Waals surface area (Å²) < 4.78 is 2.08. The average Bonchev–Trinajstić information content (AvgIpc) is 3.03. The predicted octanol–water partition coefficient (Wildman–Crippen LogP) is 5.34. The normalized spacial score (nSPS) is 15.4. The monoisotopic (exact) mass is 461 g/mol. The first-order valence-electron chi connectivity index (χ1n) is 10.5. The molecule has 0 unspecified atom stereocenters. The minimum atomic E-state index is -0.798. The molecule has 1 saturated heterocycles. The summed E-state index contributed by atoms with van der Waals surface area (Å²) in [7, 11) is 0. The number of carbonyl (C=O) groups excluding carboxylic acids is 3. The number of hydrogen-bond acceptors (Lipinski definition) is 3. The molecule has 3 aromatic rings. The SMILES string of the molecule is Cc1ccc(-n2c(C)cc(/C=C3\C(=O)NC(=O)N(c4cccc(Cl)c4C)C3=O)c2C)cc1C. The number of amides is 4. The molecule has 1 aliphatic heterocycles. The van der Waals surface area contributed by atoms with E-state index < -0.39 is 17.8 Å². The largest absolute Gasteiger partial charge is 0.335 e. The molecular formula is C26H24ClN3O3. The standard InChI is InChI=1S/C26H24ClN3O3/c1-14-9-10-20(11-15(14)2)29-16(3)12-19(18(29)5)13-21-24(31)28-26(33)30(25(21)32)23-8-6-7-22(27)17(23)4/h6-13H,1-5H3,(H,28,31,33)/b21-13+. The van der Waals surface area contributed by atoms with Gasteiger partial charge in [0, 0.05) is 22.1 Å². The third-order valence-electron chi connectivity index (χ3n) is 6.10. The third-order valence-corrected chi connectivity index (χ3v) is 6.51. The number of benzene rings is 2. The Balaban J connectivity index is 1.79. The molecule has 4 amide bonds. The highest BCUT2D eigenvalue weighted by atomic mass is 35.5. The molecule has 168 valence electrons. The van der Waals surface area contributed by atoms with Gasteiger partial charge in [-0.3, -0.25) is 14.9 Å². The van der Waals surface area contributed by atoms with Gasteiger partial charge >= 0.3 is 6.03 Å². The zero-order valence-electron chi connectivity index (χ0n) is 19.1. The molecule has 0 saturated carbocycles. The highest BCUT2D eigenvalue weighted by molar-refractivity contribution is 6.40. The van der Waals surface area contributed by atoms with Crippen LogP contribution in [-0.2, 0) is 9.59 Å². The summed E-state index contributed by atoms with van der Waals surface area (Å²) in [5.74, 6) is -1.41. The molecule has 1 aromatic heterocycles. The van der Waals surface area contributed by atoms with Gasteiger partial charge in [-0.1, -0.05) is 23.7 Å². The van der Waals surface area contributed by atoms with E-state index in [9.17, 15) is 14.4 Å². The number of imide groups is 2. The van der Waals surface area contributed by atoms with E-state index in [1.165, 1.54) is 17.2 Å². The zero-order chi connectivity index (χ0) is 24.0. The highest BCUT2D eigenvalue weighted by Gasteiger charge is 2.37. The lowest BCUT2D eigenvalue weighted by Gasteiger charge is -2.27. The Labute approximate surface area is 197 Å². The smallest absolute Gasteiger partial charge is 0.318 e. The molecule has 33 heavy (non-hydrogen) atoms. The fourth-order valence-corrected chi connectivity index (χ4v) is 4.24. The molecule has 6 nitrogen and oxygen atoms in total. The molecule has 1 aliphatic rings. The predicted molar refractivity (Wildman–Crippen MR) is 130 cm³/mol. The van der Waals surface area contributed by atoms with Crippen LogP contribution in [0.15, 0.2) is 48.0 Å². The quantitative estimate of drug-likeness (QED) is 0.422. The number of hydrogen-bond donors (Lipinski definition) is 1. The molecule has 0 atom stereocenters. The van der Waals surface area contributed by atoms with Gasteiger partial charge in [0.05, 0.1) is 5.69 Å². The molecule has 1 N–H and O–H groups in total. The van der Waals surface area contributed by atoms with E-state index in [4.69, 9.17) is 11.6 Å². The fourth-order valence-electron chi connectivity index (χ4n) is 4.07. The number of anilines is 1. The molecular weight excluding hydrogens is 438 g/mol. The van der Waals surface area contributed by atoms with Crippen molar-refractivity contribution in [2.45, 2.75) is 34.6 Å². The van der Waals surface area contributed by atoms with E-state index in [-0.39, 0.29) is 5.57 Å². The van der Waals surface area contributed by atoms with Crippen LogP contribution in [0.2, 0.25) is 5.02 Å². The maximum absolute atomic E-state index is 13.3. The molecule has 7 heteroatoms. The summed E-state index contributed by atoms with van der Waals surface area (Å²) in [6.45, 7) is 9.74. The zero-order valence-corrected chi connectivity index (χ0v) is 19.9. The van der Waals surface area contributed by atoms with Gasteiger partial charge in [-0.2, -0.15) is 0 Å². The maximum atomic E-state index is 13.3. The molecule has 0 spiro atoms. The Kier molecular flexibility index (Phi) is 5.72. The van der Waals surface area contributed by atoms with Gasteiger partial charge in [0.25, 0.3) is 11.8 Å². The van der Waals surface area contributed by atoms with Gasteiger partial charge in [0.2, 0.25) is 0 Å². The van der Waals surface area contributed by atoms with Crippen molar-refractivity contribution in [3.05, 3.63) is 86.7 Å². The van der Waals surface area contributed by atoms with Crippen LogP contribution >= 0.6 is 11.6 Å². The topological polar surface area (TPSA) is 71.4 Å². The first-order valence-corrected chi connectivity index (χ1v) is 10.9. The Morgan fingerprint density at radius 1 is 0.909 bits per heavy atom. The van der Waals surface area contributed by atoms with Gasteiger partial charge in [-0.25, -0.2) is 9.69 Å². The van der Waals surface area contributed by atoms with Crippen molar-refractivity contribution in [3.63, 3.8) is 0 Å². The summed E-state index contributed by atoms with van der Waals surface area (Å²) >= 11 is 6.19. The summed E-state index contributed by atoms with van der Waals surface area (Å²) in [5.41, 5.74) is 6.74. The molecule has 2 aromatic carbocycles. The summed E-state index contributed by atoms with van der Waals surface area (Å²) in [6.07, 6.45) is 1.54. The Bertz CT molecular complexity index is 1370. The number of urea groups is 1. The van der Waals surface area contributed by atoms with Crippen molar-refractivity contribution in [2.75, 3.05) is 4.90 Å². The number of nitrogens with zero attached hydrogens (tertiary/aromatic N) is 2. The third kappa shape index (κ3) is 3.87. The number of nitrogens with one attached hydrogen (secondary N) is 1. The van der Waals surface area contributed by atoms with Crippen molar-refractivity contribution in [3.8, 4) is 5.69 Å². The minimum Gasteiger partial charge on any atom is -0.318 e. The van der Waals surface area contributed by atoms with Crippen LogP contribution < -0.4 is 10.2 Å². The Hall–Kier alpha value is -3.64. The number of carbonyl (C=O) groups is 3. The van der Waals surface area contributed by atoms with Crippen molar-refractivity contribution >= 4 is 41.2 Å². The number of barbiturate groups is 1. The molecule has 4 rings (SSSR count). The first-order chi connectivity index (χ1) is 15.6. The van der Waals surface area contributed by atoms with E-state index in [0.717, 1.165) is 27.5 Å². The van der Waals surface area contributed by atoms with Crippen LogP contribution in [0.1, 0.15) is 33.6 Å². The van der Waals surface area contributed by atoms with Crippen molar-refractivity contribution in [2.24, 2.45) is 0 Å². The fraction of sp³-hybridized carbons (Fsp3) is 0.192.